The Hall–Kier alpha value is -1.68. The van der Waals surface area contributed by atoms with Gasteiger partial charge in [0, 0.05) is 30.0 Å². The van der Waals surface area contributed by atoms with Crippen LogP contribution in [0.25, 0.3) is 0 Å². The van der Waals surface area contributed by atoms with Crippen LogP contribution in [0.1, 0.15) is 60.0 Å². The molecule has 1 heterocycles. The Balaban J connectivity index is 1.57. The van der Waals surface area contributed by atoms with Gasteiger partial charge in [-0.25, -0.2) is 0 Å². The molecule has 2 fully saturated rings. The van der Waals surface area contributed by atoms with Crippen molar-refractivity contribution in [1.29, 1.82) is 0 Å². The van der Waals surface area contributed by atoms with Crippen molar-refractivity contribution >= 4 is 11.7 Å². The van der Waals surface area contributed by atoms with Gasteiger partial charge in [-0.2, -0.15) is 0 Å². The average Bonchev–Trinajstić information content (AvgIpc) is 3.21. The van der Waals surface area contributed by atoms with E-state index in [1.54, 1.807) is 0 Å². The second kappa shape index (κ2) is 5.99. The highest BCUT2D eigenvalue weighted by atomic mass is 16.3. The molecule has 2 aliphatic carbocycles. The van der Waals surface area contributed by atoms with E-state index in [9.17, 15) is 9.59 Å². The Morgan fingerprint density at radius 2 is 2.00 bits per heavy atom. The van der Waals surface area contributed by atoms with E-state index in [0.29, 0.717) is 23.9 Å². The third-order valence-corrected chi connectivity index (χ3v) is 6.28. The Morgan fingerprint density at radius 3 is 2.75 bits per heavy atom. The highest BCUT2D eigenvalue weighted by Gasteiger charge is 2.47. The number of aryl methyl sites for hydroxylation is 1. The first-order valence-corrected chi connectivity index (χ1v) is 9.16. The van der Waals surface area contributed by atoms with Crippen molar-refractivity contribution in [3.05, 3.63) is 34.9 Å². The van der Waals surface area contributed by atoms with Crippen LogP contribution in [0.5, 0.6) is 0 Å². The van der Waals surface area contributed by atoms with Crippen molar-refractivity contribution < 1.29 is 14.7 Å². The number of benzene rings is 1. The molecule has 128 valence electrons. The molecule has 1 saturated heterocycles. The molecule has 1 unspecified atom stereocenters. The number of aliphatic hydroxyl groups excluding tert-OH is 1. The first kappa shape index (κ1) is 15.8. The van der Waals surface area contributed by atoms with Crippen LogP contribution in [0, 0.1) is 5.41 Å². The van der Waals surface area contributed by atoms with Crippen LogP contribution in [-0.2, 0) is 17.6 Å². The summed E-state index contributed by atoms with van der Waals surface area (Å²) in [6.45, 7) is 0.436. The summed E-state index contributed by atoms with van der Waals surface area (Å²) in [5.41, 5.74) is 3.13. The molecule has 1 amide bonds. The first-order valence-electron chi connectivity index (χ1n) is 9.16. The minimum Gasteiger partial charge on any atom is -0.388 e. The van der Waals surface area contributed by atoms with E-state index < -0.39 is 6.61 Å². The van der Waals surface area contributed by atoms with Crippen LogP contribution in [-0.4, -0.2) is 40.9 Å². The summed E-state index contributed by atoms with van der Waals surface area (Å²) in [5, 5.41) is 9.09. The maximum Gasteiger partial charge on any atom is 0.223 e. The van der Waals surface area contributed by atoms with Gasteiger partial charge >= 0.3 is 0 Å². The van der Waals surface area contributed by atoms with E-state index in [2.05, 4.69) is 4.90 Å². The van der Waals surface area contributed by atoms with Crippen molar-refractivity contribution in [3.8, 4) is 0 Å². The summed E-state index contributed by atoms with van der Waals surface area (Å²) in [6.07, 6.45) is 8.39. The summed E-state index contributed by atoms with van der Waals surface area (Å²) in [4.78, 5) is 26.5. The summed E-state index contributed by atoms with van der Waals surface area (Å²) < 4.78 is 0. The van der Waals surface area contributed by atoms with Crippen LogP contribution < -0.4 is 0 Å². The molecule has 0 bridgehead atoms. The maximum atomic E-state index is 12.6. The van der Waals surface area contributed by atoms with E-state index in [1.807, 2.05) is 18.2 Å². The summed E-state index contributed by atoms with van der Waals surface area (Å²) in [6, 6.07) is 6.24. The Morgan fingerprint density at radius 1 is 1.21 bits per heavy atom. The summed E-state index contributed by atoms with van der Waals surface area (Å²) >= 11 is 0. The van der Waals surface area contributed by atoms with Crippen LogP contribution in [0.3, 0.4) is 0 Å². The van der Waals surface area contributed by atoms with Crippen molar-refractivity contribution in [2.45, 2.75) is 57.4 Å². The molecule has 24 heavy (non-hydrogen) atoms. The third kappa shape index (κ3) is 2.67. The fourth-order valence-corrected chi connectivity index (χ4v) is 4.95. The topological polar surface area (TPSA) is 57.6 Å². The molecule has 1 saturated carbocycles. The molecule has 1 atom stereocenters. The van der Waals surface area contributed by atoms with Gasteiger partial charge in [-0.3, -0.25) is 9.59 Å². The number of ketones is 1. The molecule has 4 heteroatoms. The second-order valence-corrected chi connectivity index (χ2v) is 7.88. The van der Waals surface area contributed by atoms with Gasteiger partial charge in [0.15, 0.2) is 5.78 Å². The Kier molecular flexibility index (Phi) is 3.95. The molecule has 3 aliphatic rings. The predicted octanol–water partition coefficient (Wildman–Crippen LogP) is 2.51. The normalized spacial score (nSPS) is 27.0. The number of nitrogens with zero attached hydrogens (tertiary/aromatic N) is 1. The number of rotatable bonds is 3. The number of fused-ring (bicyclic) bond motifs is 1. The summed E-state index contributed by atoms with van der Waals surface area (Å²) in [7, 11) is 0. The quantitative estimate of drug-likeness (QED) is 0.868. The van der Waals surface area contributed by atoms with Gasteiger partial charge in [0.05, 0.1) is 0 Å². The molecule has 0 radical (unpaired) electrons. The monoisotopic (exact) mass is 327 g/mol. The average molecular weight is 327 g/mol. The van der Waals surface area contributed by atoms with Crippen molar-refractivity contribution in [1.82, 2.24) is 4.90 Å². The minimum atomic E-state index is -0.447. The second-order valence-electron chi connectivity index (χ2n) is 7.88. The molecule has 4 rings (SSSR count). The largest absolute Gasteiger partial charge is 0.388 e. The smallest absolute Gasteiger partial charge is 0.223 e. The van der Waals surface area contributed by atoms with Crippen LogP contribution in [0.4, 0.5) is 0 Å². The van der Waals surface area contributed by atoms with Gasteiger partial charge in [0.25, 0.3) is 0 Å². The van der Waals surface area contributed by atoms with Crippen molar-refractivity contribution in [2.24, 2.45) is 5.41 Å². The molecule has 1 spiro atoms. The van der Waals surface area contributed by atoms with Gasteiger partial charge in [-0.05, 0) is 49.3 Å². The Labute approximate surface area is 142 Å². The highest BCUT2D eigenvalue weighted by molar-refractivity contribution is 5.97. The molecule has 1 N–H and O–H groups in total. The standard InChI is InChI=1S/C20H25NO3/c22-12-18(23)15-6-5-14-7-8-20(10-16(14)9-15)11-19(24)21(13-20)17-3-1-2-4-17/h5-6,9,17,22H,1-4,7-8,10-13H2. The maximum absolute atomic E-state index is 12.6. The fourth-order valence-electron chi connectivity index (χ4n) is 4.95. The van der Waals surface area contributed by atoms with Gasteiger partial charge in [-0.15, -0.1) is 0 Å². The van der Waals surface area contributed by atoms with E-state index in [-0.39, 0.29) is 11.2 Å². The number of carbonyl (C=O) groups is 2. The minimum absolute atomic E-state index is 0.0492. The molecular formula is C20H25NO3. The number of hydrogen-bond acceptors (Lipinski definition) is 3. The number of amides is 1. The van der Waals surface area contributed by atoms with E-state index in [1.165, 1.54) is 24.0 Å². The van der Waals surface area contributed by atoms with Crippen molar-refractivity contribution in [2.75, 3.05) is 13.2 Å². The zero-order valence-corrected chi connectivity index (χ0v) is 14.1. The zero-order valence-electron chi connectivity index (χ0n) is 14.1. The highest BCUT2D eigenvalue weighted by Crippen LogP contribution is 2.45. The molecule has 1 aromatic rings. The molecule has 0 aromatic heterocycles. The number of aliphatic hydroxyl groups is 1. The SMILES string of the molecule is O=C(CO)c1ccc2c(c1)CC1(CC2)CC(=O)N(C2CCCC2)C1. The van der Waals surface area contributed by atoms with Gasteiger partial charge in [0.1, 0.15) is 6.61 Å². The van der Waals surface area contributed by atoms with Crippen LogP contribution in [0.2, 0.25) is 0 Å². The molecule has 1 aromatic carbocycles. The lowest BCUT2D eigenvalue weighted by atomic mass is 9.70. The Bertz CT molecular complexity index is 677. The van der Waals surface area contributed by atoms with Gasteiger partial charge in [-0.1, -0.05) is 25.0 Å². The van der Waals surface area contributed by atoms with Crippen LogP contribution >= 0.6 is 0 Å². The number of likely N-dealkylation sites (tertiary alicyclic amines) is 1. The third-order valence-electron chi connectivity index (χ3n) is 6.28. The number of hydrogen-bond donors (Lipinski definition) is 1. The lowest BCUT2D eigenvalue weighted by molar-refractivity contribution is -0.129. The first-order chi connectivity index (χ1) is 11.6. The lowest BCUT2D eigenvalue weighted by Crippen LogP contribution is -2.37. The van der Waals surface area contributed by atoms with E-state index in [0.717, 1.165) is 38.6 Å². The van der Waals surface area contributed by atoms with Gasteiger partial charge in [0.2, 0.25) is 5.91 Å². The van der Waals surface area contributed by atoms with E-state index >= 15 is 0 Å². The molecule has 4 nitrogen and oxygen atoms in total. The number of carbonyl (C=O) groups excluding carboxylic acids is 2. The summed E-state index contributed by atoms with van der Waals surface area (Å²) in [5.74, 6) is 0.0976. The van der Waals surface area contributed by atoms with Gasteiger partial charge < -0.3 is 10.0 Å². The molecule has 1 aliphatic heterocycles. The fraction of sp³-hybridized carbons (Fsp3) is 0.600. The molecular weight excluding hydrogens is 302 g/mol. The zero-order chi connectivity index (χ0) is 16.7. The lowest BCUT2D eigenvalue weighted by Gasteiger charge is -2.35. The van der Waals surface area contributed by atoms with Crippen LogP contribution in [0.15, 0.2) is 18.2 Å². The van der Waals surface area contributed by atoms with E-state index in [4.69, 9.17) is 5.11 Å². The van der Waals surface area contributed by atoms with Crippen molar-refractivity contribution in [3.63, 3.8) is 0 Å². The predicted molar refractivity (Wildman–Crippen MR) is 90.9 cm³/mol. The number of Topliss-reactive ketones (excluding diaryl/α,β-unsaturated/α-hetero) is 1.